The molecule has 0 bridgehead atoms. The molecule has 0 aliphatic heterocycles. The highest BCUT2D eigenvalue weighted by Gasteiger charge is 2.35. The number of H-pyrrole nitrogens is 2. The van der Waals surface area contributed by atoms with E-state index in [-0.39, 0.29) is 16.7 Å². The van der Waals surface area contributed by atoms with Crippen LogP contribution in [0.3, 0.4) is 0 Å². The van der Waals surface area contributed by atoms with Gasteiger partial charge >= 0.3 is 6.18 Å². The first-order valence-corrected chi connectivity index (χ1v) is 5.55. The van der Waals surface area contributed by atoms with E-state index >= 15 is 0 Å². The van der Waals surface area contributed by atoms with Gasteiger partial charge in [-0.15, -0.1) is 0 Å². The largest absolute Gasteiger partial charge is 0.433 e. The third-order valence-corrected chi connectivity index (χ3v) is 2.88. The summed E-state index contributed by atoms with van der Waals surface area (Å²) in [5.41, 5.74) is -0.745. The summed E-state index contributed by atoms with van der Waals surface area (Å²) in [7, 11) is 0. The summed E-state index contributed by atoms with van der Waals surface area (Å²) in [5.74, 6) is 0. The number of nitrogens with zero attached hydrogens (tertiary/aromatic N) is 2. The molecule has 2 aromatic heterocycles. The minimum absolute atomic E-state index is 0.0820. The first-order valence-electron chi connectivity index (χ1n) is 5.55. The lowest BCUT2D eigenvalue weighted by Gasteiger charge is -2.07. The van der Waals surface area contributed by atoms with Crippen molar-refractivity contribution in [1.29, 1.82) is 0 Å². The smallest absolute Gasteiger partial charge is 0.313 e. The Kier molecular flexibility index (Phi) is 2.60. The molecule has 8 heteroatoms. The summed E-state index contributed by atoms with van der Waals surface area (Å²) in [6, 6.07) is 4.29. The van der Waals surface area contributed by atoms with Crippen molar-refractivity contribution < 1.29 is 13.2 Å². The highest BCUT2D eigenvalue weighted by Crippen LogP contribution is 2.35. The van der Waals surface area contributed by atoms with Crippen LogP contribution in [0.4, 0.5) is 13.2 Å². The van der Waals surface area contributed by atoms with Crippen LogP contribution in [0.25, 0.3) is 22.0 Å². The number of nitrogens with one attached hydrogen (secondary N) is 2. The molecule has 20 heavy (non-hydrogen) atoms. The lowest BCUT2D eigenvalue weighted by Crippen LogP contribution is -2.08. The van der Waals surface area contributed by atoms with Gasteiger partial charge in [0.25, 0.3) is 5.56 Å². The Labute approximate surface area is 109 Å². The third kappa shape index (κ3) is 1.94. The number of alkyl halides is 3. The predicted octanol–water partition coefficient (Wildman–Crippen LogP) is 2.33. The molecule has 0 spiro atoms. The number of fused-ring (bicyclic) bond motifs is 1. The molecule has 5 nitrogen and oxygen atoms in total. The molecule has 0 amide bonds. The van der Waals surface area contributed by atoms with Crippen molar-refractivity contribution in [2.45, 2.75) is 6.18 Å². The second kappa shape index (κ2) is 4.19. The first kappa shape index (κ1) is 12.4. The zero-order chi connectivity index (χ0) is 14.3. The number of hydrogen-bond acceptors (Lipinski definition) is 3. The van der Waals surface area contributed by atoms with E-state index in [1.165, 1.54) is 24.5 Å². The van der Waals surface area contributed by atoms with Crippen LogP contribution in [0.1, 0.15) is 5.69 Å². The summed E-state index contributed by atoms with van der Waals surface area (Å²) in [5, 5.41) is 5.68. The van der Waals surface area contributed by atoms with E-state index in [4.69, 9.17) is 0 Å². The van der Waals surface area contributed by atoms with Gasteiger partial charge in [0.05, 0.1) is 23.4 Å². The van der Waals surface area contributed by atoms with Crippen molar-refractivity contribution in [3.63, 3.8) is 0 Å². The van der Waals surface area contributed by atoms with Crippen LogP contribution < -0.4 is 5.56 Å². The van der Waals surface area contributed by atoms with Gasteiger partial charge in [0.2, 0.25) is 0 Å². The molecule has 0 saturated heterocycles. The van der Waals surface area contributed by atoms with Gasteiger partial charge in [-0.1, -0.05) is 6.07 Å². The molecular weight excluding hydrogens is 273 g/mol. The number of benzene rings is 1. The fourth-order valence-electron chi connectivity index (χ4n) is 1.96. The van der Waals surface area contributed by atoms with Gasteiger partial charge in [-0.05, 0) is 17.7 Å². The van der Waals surface area contributed by atoms with E-state index in [1.54, 1.807) is 0 Å². The van der Waals surface area contributed by atoms with Crippen LogP contribution >= 0.6 is 0 Å². The van der Waals surface area contributed by atoms with Crippen LogP contribution in [0.15, 0.2) is 35.5 Å². The van der Waals surface area contributed by atoms with Gasteiger partial charge in [-0.3, -0.25) is 9.89 Å². The number of hydrogen-bond donors (Lipinski definition) is 2. The summed E-state index contributed by atoms with van der Waals surface area (Å²) >= 11 is 0. The van der Waals surface area contributed by atoms with Gasteiger partial charge in [-0.2, -0.15) is 18.3 Å². The maximum Gasteiger partial charge on any atom is 0.433 e. The topological polar surface area (TPSA) is 74.4 Å². The van der Waals surface area contributed by atoms with Crippen molar-refractivity contribution in [1.82, 2.24) is 20.2 Å². The van der Waals surface area contributed by atoms with E-state index in [2.05, 4.69) is 15.1 Å². The van der Waals surface area contributed by atoms with Gasteiger partial charge in [0.15, 0.2) is 0 Å². The van der Waals surface area contributed by atoms with Gasteiger partial charge < -0.3 is 4.98 Å². The summed E-state index contributed by atoms with van der Waals surface area (Å²) in [4.78, 5) is 17.8. The van der Waals surface area contributed by atoms with Crippen molar-refractivity contribution in [2.75, 3.05) is 0 Å². The molecule has 0 saturated carbocycles. The maximum absolute atomic E-state index is 12.8. The Bertz CT molecular complexity index is 834. The summed E-state index contributed by atoms with van der Waals surface area (Å²) < 4.78 is 38.4. The molecule has 2 N–H and O–H groups in total. The van der Waals surface area contributed by atoms with Gasteiger partial charge in [-0.25, -0.2) is 4.98 Å². The quantitative estimate of drug-likeness (QED) is 0.718. The molecule has 0 unspecified atom stereocenters. The van der Waals surface area contributed by atoms with E-state index in [9.17, 15) is 18.0 Å². The second-order valence-electron chi connectivity index (χ2n) is 4.12. The molecule has 3 aromatic rings. The van der Waals surface area contributed by atoms with Crippen LogP contribution in [-0.4, -0.2) is 20.2 Å². The molecule has 2 heterocycles. The van der Waals surface area contributed by atoms with Gasteiger partial charge in [0, 0.05) is 5.56 Å². The predicted molar refractivity (Wildman–Crippen MR) is 64.9 cm³/mol. The molecule has 0 aliphatic carbocycles. The highest BCUT2D eigenvalue weighted by atomic mass is 19.4. The highest BCUT2D eigenvalue weighted by molar-refractivity contribution is 5.83. The zero-order valence-electron chi connectivity index (χ0n) is 9.82. The molecule has 0 aliphatic rings. The fraction of sp³-hybridized carbons (Fsp3) is 0.0833. The Morgan fingerprint density at radius 1 is 1.20 bits per heavy atom. The molecule has 3 rings (SSSR count). The van der Waals surface area contributed by atoms with Crippen molar-refractivity contribution in [3.8, 4) is 11.1 Å². The van der Waals surface area contributed by atoms with Crippen LogP contribution in [-0.2, 0) is 6.18 Å². The Hall–Kier alpha value is -2.64. The number of rotatable bonds is 1. The van der Waals surface area contributed by atoms with Gasteiger partial charge in [0.1, 0.15) is 5.69 Å². The maximum atomic E-state index is 12.8. The third-order valence-electron chi connectivity index (χ3n) is 2.88. The molecule has 0 fully saturated rings. The summed E-state index contributed by atoms with van der Waals surface area (Å²) in [6.07, 6.45) is -2.23. The van der Waals surface area contributed by atoms with E-state index in [0.29, 0.717) is 10.9 Å². The Morgan fingerprint density at radius 3 is 2.75 bits per heavy atom. The van der Waals surface area contributed by atoms with Crippen LogP contribution in [0.5, 0.6) is 0 Å². The second-order valence-corrected chi connectivity index (χ2v) is 4.12. The molecule has 0 atom stereocenters. The Balaban J connectivity index is 2.21. The standard InChI is InChI=1S/C12H7F3N4O/c13-12(14,15)10-8(4-18-19-10)6-1-2-7-9(3-6)16-5-17-11(7)20/h1-5H,(H,18,19)(H,16,17,20). The van der Waals surface area contributed by atoms with Crippen molar-refractivity contribution in [2.24, 2.45) is 0 Å². The first-order chi connectivity index (χ1) is 9.47. The average molecular weight is 280 g/mol. The number of aromatic amines is 2. The lowest BCUT2D eigenvalue weighted by molar-refractivity contribution is -0.140. The SMILES string of the molecule is O=c1[nH]cnc2cc(-c3cn[nH]c3C(F)(F)F)ccc12. The van der Waals surface area contributed by atoms with E-state index in [0.717, 1.165) is 6.20 Å². The molecule has 102 valence electrons. The minimum atomic E-state index is -4.53. The lowest BCUT2D eigenvalue weighted by atomic mass is 10.0. The monoisotopic (exact) mass is 280 g/mol. The Morgan fingerprint density at radius 2 is 2.00 bits per heavy atom. The van der Waals surface area contributed by atoms with E-state index in [1.807, 2.05) is 5.10 Å². The molecule has 1 aromatic carbocycles. The fourth-order valence-corrected chi connectivity index (χ4v) is 1.96. The van der Waals surface area contributed by atoms with Crippen LogP contribution in [0, 0.1) is 0 Å². The minimum Gasteiger partial charge on any atom is -0.313 e. The number of halogens is 3. The summed E-state index contributed by atoms with van der Waals surface area (Å²) in [6.45, 7) is 0. The van der Waals surface area contributed by atoms with Crippen molar-refractivity contribution >= 4 is 10.9 Å². The van der Waals surface area contributed by atoms with Crippen LogP contribution in [0.2, 0.25) is 0 Å². The number of aromatic nitrogens is 4. The average Bonchev–Trinajstić information content (AvgIpc) is 2.87. The zero-order valence-corrected chi connectivity index (χ0v) is 9.82. The van der Waals surface area contributed by atoms with E-state index < -0.39 is 11.9 Å². The normalized spacial score (nSPS) is 11.9. The molecule has 0 radical (unpaired) electrons. The van der Waals surface area contributed by atoms with Crippen molar-refractivity contribution in [3.05, 3.63) is 46.8 Å². The molecular formula is C12H7F3N4O.